The van der Waals surface area contributed by atoms with Gasteiger partial charge in [-0.1, -0.05) is 6.92 Å². The van der Waals surface area contributed by atoms with Gasteiger partial charge in [0, 0.05) is 30.0 Å². The summed E-state index contributed by atoms with van der Waals surface area (Å²) in [7, 11) is 0. The highest BCUT2D eigenvalue weighted by molar-refractivity contribution is 9.10. The van der Waals surface area contributed by atoms with E-state index >= 15 is 0 Å². The lowest BCUT2D eigenvalue weighted by Crippen LogP contribution is -2.45. The van der Waals surface area contributed by atoms with Crippen molar-refractivity contribution >= 4 is 34.2 Å². The molecule has 4 nitrogen and oxygen atoms in total. The van der Waals surface area contributed by atoms with E-state index < -0.39 is 0 Å². The van der Waals surface area contributed by atoms with Crippen molar-refractivity contribution < 1.29 is 4.79 Å². The fourth-order valence-corrected chi connectivity index (χ4v) is 2.72. The number of carbonyl (C=O) groups is 1. The van der Waals surface area contributed by atoms with Gasteiger partial charge in [0.25, 0.3) is 5.91 Å². The Morgan fingerprint density at radius 2 is 2.32 bits per heavy atom. The molecule has 0 aliphatic carbocycles. The Bertz CT molecular complexity index is 444. The van der Waals surface area contributed by atoms with E-state index in [1.807, 2.05) is 11.0 Å². The number of rotatable bonds is 2. The monoisotopic (exact) mass is 347 g/mol. The van der Waals surface area contributed by atoms with E-state index in [9.17, 15) is 4.79 Å². The number of aromatic nitrogens is 1. The largest absolute Gasteiger partial charge is 0.338 e. The number of hydrogen-bond acceptors (Lipinski definition) is 3. The summed E-state index contributed by atoms with van der Waals surface area (Å²) in [5, 5.41) is 0. The minimum absolute atomic E-state index is 0. The first-order valence-electron chi connectivity index (χ1n) is 6.21. The van der Waals surface area contributed by atoms with Crippen LogP contribution in [0.25, 0.3) is 0 Å². The normalized spacial score (nSPS) is 22.8. The molecule has 2 rings (SSSR count). The lowest BCUT2D eigenvalue weighted by Gasteiger charge is -2.36. The van der Waals surface area contributed by atoms with Crippen molar-refractivity contribution in [3.63, 3.8) is 0 Å². The van der Waals surface area contributed by atoms with Gasteiger partial charge in [-0.15, -0.1) is 12.4 Å². The molecule has 106 valence electrons. The molecule has 2 N–H and O–H groups in total. The number of halogens is 2. The van der Waals surface area contributed by atoms with Crippen LogP contribution in [0.5, 0.6) is 0 Å². The smallest absolute Gasteiger partial charge is 0.255 e. The number of pyridine rings is 1. The maximum atomic E-state index is 12.3. The van der Waals surface area contributed by atoms with Crippen LogP contribution in [0.15, 0.2) is 22.9 Å². The maximum absolute atomic E-state index is 12.3. The molecule has 2 unspecified atom stereocenters. The van der Waals surface area contributed by atoms with E-state index in [4.69, 9.17) is 5.73 Å². The van der Waals surface area contributed by atoms with Crippen LogP contribution in [0.2, 0.25) is 0 Å². The van der Waals surface area contributed by atoms with Crippen molar-refractivity contribution in [2.75, 3.05) is 19.6 Å². The molecule has 0 aromatic carbocycles. The molecular weight excluding hydrogens is 330 g/mol. The highest BCUT2D eigenvalue weighted by atomic mass is 79.9. The van der Waals surface area contributed by atoms with Crippen molar-refractivity contribution in [1.82, 2.24) is 9.88 Å². The van der Waals surface area contributed by atoms with Crippen LogP contribution in [0.1, 0.15) is 23.7 Å². The molecule has 1 aromatic heterocycles. The van der Waals surface area contributed by atoms with Gasteiger partial charge in [0.1, 0.15) is 0 Å². The molecule has 19 heavy (non-hydrogen) atoms. The number of nitrogens with two attached hydrogens (primary N) is 1. The molecule has 0 radical (unpaired) electrons. The molecule has 2 atom stereocenters. The first-order valence-corrected chi connectivity index (χ1v) is 7.01. The third kappa shape index (κ3) is 3.91. The molecule has 0 spiro atoms. The summed E-state index contributed by atoms with van der Waals surface area (Å²) in [5.41, 5.74) is 6.40. The fraction of sp³-hybridized carbons (Fsp3) is 0.538. The van der Waals surface area contributed by atoms with Crippen LogP contribution in [-0.4, -0.2) is 35.4 Å². The fourth-order valence-electron chi connectivity index (χ4n) is 2.35. The number of piperidine rings is 1. The van der Waals surface area contributed by atoms with Crippen molar-refractivity contribution in [2.24, 2.45) is 17.6 Å². The number of carbonyl (C=O) groups excluding carboxylic acids is 1. The maximum Gasteiger partial charge on any atom is 0.255 e. The van der Waals surface area contributed by atoms with Crippen LogP contribution in [0.4, 0.5) is 0 Å². The van der Waals surface area contributed by atoms with Crippen molar-refractivity contribution in [2.45, 2.75) is 13.3 Å². The van der Waals surface area contributed by atoms with E-state index in [1.165, 1.54) is 0 Å². The van der Waals surface area contributed by atoms with E-state index in [0.717, 1.165) is 24.0 Å². The van der Waals surface area contributed by atoms with Gasteiger partial charge >= 0.3 is 0 Å². The van der Waals surface area contributed by atoms with Crippen molar-refractivity contribution in [3.05, 3.63) is 28.5 Å². The van der Waals surface area contributed by atoms with Crippen LogP contribution < -0.4 is 5.73 Å². The topological polar surface area (TPSA) is 59.2 Å². The minimum atomic E-state index is 0. The highest BCUT2D eigenvalue weighted by Crippen LogP contribution is 2.23. The van der Waals surface area contributed by atoms with E-state index in [0.29, 0.717) is 23.9 Å². The summed E-state index contributed by atoms with van der Waals surface area (Å²) in [4.78, 5) is 18.3. The average molecular weight is 349 g/mol. The average Bonchev–Trinajstić information content (AvgIpc) is 2.38. The van der Waals surface area contributed by atoms with Gasteiger partial charge < -0.3 is 10.6 Å². The van der Waals surface area contributed by atoms with Crippen molar-refractivity contribution in [1.29, 1.82) is 0 Å². The van der Waals surface area contributed by atoms with Crippen LogP contribution in [-0.2, 0) is 0 Å². The van der Waals surface area contributed by atoms with Crippen molar-refractivity contribution in [3.8, 4) is 0 Å². The summed E-state index contributed by atoms with van der Waals surface area (Å²) >= 11 is 3.34. The molecule has 1 fully saturated rings. The number of nitrogens with zero attached hydrogens (tertiary/aromatic N) is 2. The van der Waals surface area contributed by atoms with Gasteiger partial charge in [0.2, 0.25) is 0 Å². The van der Waals surface area contributed by atoms with Crippen LogP contribution in [0, 0.1) is 11.8 Å². The second-order valence-electron chi connectivity index (χ2n) is 4.90. The molecule has 2 heterocycles. The van der Waals surface area contributed by atoms with Crippen LogP contribution in [0.3, 0.4) is 0 Å². The lowest BCUT2D eigenvalue weighted by molar-refractivity contribution is 0.0618. The summed E-state index contributed by atoms with van der Waals surface area (Å²) in [6, 6.07) is 1.81. The third-order valence-corrected chi connectivity index (χ3v) is 4.09. The van der Waals surface area contributed by atoms with Gasteiger partial charge in [-0.2, -0.15) is 0 Å². The summed E-state index contributed by atoms with van der Waals surface area (Å²) < 4.78 is 0.828. The highest BCUT2D eigenvalue weighted by Gasteiger charge is 2.28. The number of hydrogen-bond donors (Lipinski definition) is 1. The van der Waals surface area contributed by atoms with Gasteiger partial charge in [-0.3, -0.25) is 9.78 Å². The molecule has 1 aromatic rings. The molecule has 1 saturated heterocycles. The minimum Gasteiger partial charge on any atom is -0.338 e. The zero-order valence-corrected chi connectivity index (χ0v) is 13.3. The van der Waals surface area contributed by atoms with E-state index in [1.54, 1.807) is 12.4 Å². The SMILES string of the molecule is CC1CCN(C(=O)c2cncc(Br)c2)CC1CN.Cl. The summed E-state index contributed by atoms with van der Waals surface area (Å²) in [5.74, 6) is 1.05. The number of amides is 1. The summed E-state index contributed by atoms with van der Waals surface area (Å²) in [6.07, 6.45) is 4.31. The second-order valence-corrected chi connectivity index (χ2v) is 5.82. The molecule has 1 aliphatic rings. The van der Waals surface area contributed by atoms with E-state index in [2.05, 4.69) is 27.8 Å². The Morgan fingerprint density at radius 3 is 2.95 bits per heavy atom. The Morgan fingerprint density at radius 1 is 1.58 bits per heavy atom. The predicted molar refractivity (Wildman–Crippen MR) is 81.4 cm³/mol. The van der Waals surface area contributed by atoms with Crippen LogP contribution >= 0.6 is 28.3 Å². The quantitative estimate of drug-likeness (QED) is 0.892. The Balaban J connectivity index is 0.00000180. The lowest BCUT2D eigenvalue weighted by atomic mass is 9.87. The molecule has 0 saturated carbocycles. The first kappa shape index (κ1) is 16.4. The number of likely N-dealkylation sites (tertiary alicyclic amines) is 1. The summed E-state index contributed by atoms with van der Waals surface area (Å²) in [6.45, 7) is 4.41. The van der Waals surface area contributed by atoms with Gasteiger partial charge in [0.05, 0.1) is 5.56 Å². The first-order chi connectivity index (χ1) is 8.61. The van der Waals surface area contributed by atoms with Gasteiger partial charge in [-0.25, -0.2) is 0 Å². The Hall–Kier alpha value is -0.650. The Kier molecular flexibility index (Phi) is 6.23. The zero-order chi connectivity index (χ0) is 13.1. The molecule has 1 aliphatic heterocycles. The molecule has 1 amide bonds. The molecular formula is C13H19BrClN3O. The Labute approximate surface area is 128 Å². The zero-order valence-electron chi connectivity index (χ0n) is 10.9. The van der Waals surface area contributed by atoms with Gasteiger partial charge in [0.15, 0.2) is 0 Å². The standard InChI is InChI=1S/C13H18BrN3O.ClH/c1-9-2-3-17(8-11(9)5-15)13(18)10-4-12(14)7-16-6-10;/h4,6-7,9,11H,2-3,5,8,15H2,1H3;1H. The molecule has 0 bridgehead atoms. The molecule has 6 heteroatoms. The van der Waals surface area contributed by atoms with E-state index in [-0.39, 0.29) is 18.3 Å². The predicted octanol–water partition coefficient (Wildman–Crippen LogP) is 2.32. The second kappa shape index (κ2) is 7.22. The third-order valence-electron chi connectivity index (χ3n) is 3.66. The van der Waals surface area contributed by atoms with Gasteiger partial charge in [-0.05, 0) is 46.8 Å².